The summed E-state index contributed by atoms with van der Waals surface area (Å²) in [6.07, 6.45) is 2.00. The Morgan fingerprint density at radius 3 is 2.36 bits per heavy atom. The molecule has 0 aliphatic rings. The van der Waals surface area contributed by atoms with Gasteiger partial charge in [-0.2, -0.15) is 0 Å². The topological polar surface area (TPSA) is 91.8 Å². The van der Waals surface area contributed by atoms with Gasteiger partial charge in [0.15, 0.2) is 5.96 Å². The second-order valence-electron chi connectivity index (χ2n) is 6.48. The molecule has 1 aromatic rings. The molecule has 0 aromatic heterocycles. The van der Waals surface area contributed by atoms with Gasteiger partial charge in [-0.1, -0.05) is 12.1 Å². The van der Waals surface area contributed by atoms with Crippen molar-refractivity contribution in [1.29, 1.82) is 0 Å². The van der Waals surface area contributed by atoms with Crippen molar-refractivity contribution in [3.63, 3.8) is 0 Å². The van der Waals surface area contributed by atoms with Gasteiger partial charge in [0.25, 0.3) is 0 Å². The predicted molar refractivity (Wildman–Crippen MR) is 103 cm³/mol. The first-order valence-electron chi connectivity index (χ1n) is 8.29. The third-order valence-corrected chi connectivity index (χ3v) is 4.23. The molecule has 0 amide bonds. The summed E-state index contributed by atoms with van der Waals surface area (Å²) >= 11 is 0. The number of methoxy groups -OCH3 is 1. The van der Waals surface area contributed by atoms with Crippen LogP contribution in [0.3, 0.4) is 0 Å². The molecule has 0 aliphatic carbocycles. The minimum atomic E-state index is -3.27. The molecule has 0 unspecified atom stereocenters. The highest BCUT2D eigenvalue weighted by atomic mass is 32.2. The smallest absolute Gasteiger partial charge is 0.209 e. The summed E-state index contributed by atoms with van der Waals surface area (Å²) in [6.45, 7) is 7.38. The fourth-order valence-corrected chi connectivity index (χ4v) is 3.34. The van der Waals surface area contributed by atoms with Crippen LogP contribution in [0.25, 0.3) is 0 Å². The molecule has 0 atom stereocenters. The number of benzene rings is 1. The Bertz CT molecular complexity index is 655. The molecule has 0 radical (unpaired) electrons. The number of guanidine groups is 1. The molecular weight excluding hydrogens is 340 g/mol. The molecule has 0 spiro atoms. The maximum atomic E-state index is 11.4. The Balaban J connectivity index is 2.57. The van der Waals surface area contributed by atoms with E-state index in [-0.39, 0.29) is 0 Å². The Morgan fingerprint density at radius 2 is 1.84 bits per heavy atom. The van der Waals surface area contributed by atoms with Gasteiger partial charge in [-0.25, -0.2) is 13.1 Å². The Morgan fingerprint density at radius 1 is 1.20 bits per heavy atom. The van der Waals surface area contributed by atoms with Crippen LogP contribution in [-0.4, -0.2) is 52.9 Å². The summed E-state index contributed by atoms with van der Waals surface area (Å²) in [5, 5.41) is 6.43. The van der Waals surface area contributed by atoms with Gasteiger partial charge >= 0.3 is 0 Å². The van der Waals surface area contributed by atoms with Gasteiger partial charge in [0.2, 0.25) is 10.0 Å². The molecule has 142 valence electrons. The zero-order chi connectivity index (χ0) is 18.9. The van der Waals surface area contributed by atoms with Crippen LogP contribution in [0.1, 0.15) is 26.3 Å². The van der Waals surface area contributed by atoms with Gasteiger partial charge in [0.1, 0.15) is 5.75 Å². The van der Waals surface area contributed by atoms with Crippen LogP contribution < -0.4 is 20.1 Å². The second-order valence-corrected chi connectivity index (χ2v) is 8.23. The lowest BCUT2D eigenvalue weighted by Crippen LogP contribution is -2.47. The lowest BCUT2D eigenvalue weighted by molar-refractivity contribution is 0.414. The average molecular weight is 371 g/mol. The van der Waals surface area contributed by atoms with E-state index in [1.165, 1.54) is 5.56 Å². The average Bonchev–Trinajstić information content (AvgIpc) is 2.51. The number of sulfonamides is 1. The number of aliphatic imine (C=N–C) groups is 1. The number of nitrogens with one attached hydrogen (secondary N) is 3. The molecule has 25 heavy (non-hydrogen) atoms. The van der Waals surface area contributed by atoms with Crippen molar-refractivity contribution < 1.29 is 13.2 Å². The van der Waals surface area contributed by atoms with E-state index in [9.17, 15) is 8.42 Å². The molecule has 0 heterocycles. The van der Waals surface area contributed by atoms with Gasteiger partial charge in [-0.15, -0.1) is 0 Å². The summed E-state index contributed by atoms with van der Waals surface area (Å²) in [6, 6.07) is 7.94. The van der Waals surface area contributed by atoms with Crippen LogP contribution in [-0.2, 0) is 16.4 Å². The first-order chi connectivity index (χ1) is 11.6. The summed E-state index contributed by atoms with van der Waals surface area (Å²) in [4.78, 5) is 4.48. The molecule has 3 N–H and O–H groups in total. The third-order valence-electron chi connectivity index (χ3n) is 3.30. The van der Waals surface area contributed by atoms with E-state index in [0.29, 0.717) is 12.5 Å². The van der Waals surface area contributed by atoms with Crippen LogP contribution in [0.4, 0.5) is 0 Å². The van der Waals surface area contributed by atoms with E-state index < -0.39 is 15.6 Å². The van der Waals surface area contributed by atoms with Crippen molar-refractivity contribution in [3.8, 4) is 5.75 Å². The summed E-state index contributed by atoms with van der Waals surface area (Å²) in [5.74, 6) is 1.51. The first kappa shape index (κ1) is 21.2. The van der Waals surface area contributed by atoms with Crippen LogP contribution >= 0.6 is 0 Å². The molecule has 0 saturated heterocycles. The highest BCUT2D eigenvalue weighted by Crippen LogP contribution is 2.11. The fourth-order valence-electron chi connectivity index (χ4n) is 2.27. The summed E-state index contributed by atoms with van der Waals surface area (Å²) < 4.78 is 30.5. The number of nitrogens with zero attached hydrogens (tertiary/aromatic N) is 1. The molecule has 0 bridgehead atoms. The van der Waals surface area contributed by atoms with Crippen LogP contribution in [0, 0.1) is 0 Å². The van der Waals surface area contributed by atoms with Crippen LogP contribution in [0.2, 0.25) is 0 Å². The lowest BCUT2D eigenvalue weighted by Gasteiger charge is -2.23. The van der Waals surface area contributed by atoms with Crippen molar-refractivity contribution in [3.05, 3.63) is 29.8 Å². The molecule has 1 aromatic carbocycles. The zero-order valence-electron chi connectivity index (χ0n) is 15.7. The lowest BCUT2D eigenvalue weighted by atomic mass is 10.1. The third kappa shape index (κ3) is 9.31. The Hall–Kier alpha value is -1.80. The summed E-state index contributed by atoms with van der Waals surface area (Å²) in [5.41, 5.74) is 0.551. The van der Waals surface area contributed by atoms with Crippen molar-refractivity contribution in [2.24, 2.45) is 4.99 Å². The summed E-state index contributed by atoms with van der Waals surface area (Å²) in [7, 11) is -1.62. The van der Waals surface area contributed by atoms with E-state index in [1.54, 1.807) is 21.0 Å². The quantitative estimate of drug-likeness (QED) is 0.448. The van der Waals surface area contributed by atoms with E-state index >= 15 is 0 Å². The standard InChI is InChI=1S/C17H30N4O3S/c1-6-18-16(20-13-17(2,3)21-25(5,22)23)19-12-11-14-7-9-15(24-4)10-8-14/h7-10,21H,6,11-13H2,1-5H3,(H2,18,19,20). The van der Waals surface area contributed by atoms with E-state index in [0.717, 1.165) is 31.5 Å². The van der Waals surface area contributed by atoms with Gasteiger partial charge in [0.05, 0.1) is 19.9 Å². The van der Waals surface area contributed by atoms with Crippen LogP contribution in [0.5, 0.6) is 5.75 Å². The normalized spacial score (nSPS) is 12.8. The zero-order valence-corrected chi connectivity index (χ0v) is 16.5. The minimum Gasteiger partial charge on any atom is -0.497 e. The highest BCUT2D eigenvalue weighted by molar-refractivity contribution is 7.88. The first-order valence-corrected chi connectivity index (χ1v) is 10.2. The number of hydrogen-bond acceptors (Lipinski definition) is 4. The Kier molecular flexibility index (Phi) is 8.18. The van der Waals surface area contributed by atoms with Crippen molar-refractivity contribution >= 4 is 16.0 Å². The Labute approximate surface area is 151 Å². The van der Waals surface area contributed by atoms with E-state index in [4.69, 9.17) is 4.74 Å². The van der Waals surface area contributed by atoms with Crippen molar-refractivity contribution in [2.75, 3.05) is 33.0 Å². The fraction of sp³-hybridized carbons (Fsp3) is 0.588. The van der Waals surface area contributed by atoms with E-state index in [1.807, 2.05) is 31.2 Å². The minimum absolute atomic E-state index is 0.331. The SMILES string of the molecule is CCNC(=NCC(C)(C)NS(C)(=O)=O)NCCc1ccc(OC)cc1. The van der Waals surface area contributed by atoms with E-state index in [2.05, 4.69) is 20.3 Å². The largest absolute Gasteiger partial charge is 0.497 e. The number of hydrogen-bond donors (Lipinski definition) is 3. The van der Waals surface area contributed by atoms with Crippen LogP contribution in [0.15, 0.2) is 29.3 Å². The van der Waals surface area contributed by atoms with Gasteiger partial charge < -0.3 is 15.4 Å². The highest BCUT2D eigenvalue weighted by Gasteiger charge is 2.21. The second kappa shape index (κ2) is 9.62. The molecule has 0 aliphatic heterocycles. The molecule has 7 nitrogen and oxygen atoms in total. The number of rotatable bonds is 9. The van der Waals surface area contributed by atoms with Crippen molar-refractivity contribution in [1.82, 2.24) is 15.4 Å². The predicted octanol–water partition coefficient (Wildman–Crippen LogP) is 1.12. The van der Waals surface area contributed by atoms with Gasteiger partial charge in [-0.05, 0) is 44.9 Å². The maximum absolute atomic E-state index is 11.4. The maximum Gasteiger partial charge on any atom is 0.209 e. The molecule has 8 heteroatoms. The molecule has 0 saturated carbocycles. The monoisotopic (exact) mass is 370 g/mol. The van der Waals surface area contributed by atoms with Crippen molar-refractivity contribution in [2.45, 2.75) is 32.7 Å². The molecule has 0 fully saturated rings. The number of ether oxygens (including phenoxy) is 1. The molecular formula is C17H30N4O3S. The molecule has 1 rings (SSSR count). The van der Waals surface area contributed by atoms with Gasteiger partial charge in [0, 0.05) is 18.6 Å². The van der Waals surface area contributed by atoms with Gasteiger partial charge in [-0.3, -0.25) is 4.99 Å².